The number of benzene rings is 2. The van der Waals surface area contributed by atoms with Crippen molar-refractivity contribution < 1.29 is 9.59 Å². The van der Waals surface area contributed by atoms with Crippen molar-refractivity contribution in [3.8, 4) is 5.69 Å². The summed E-state index contributed by atoms with van der Waals surface area (Å²) in [6.45, 7) is 1.78. The average molecular weight is 402 g/mol. The van der Waals surface area contributed by atoms with E-state index in [4.69, 9.17) is 11.6 Å². The van der Waals surface area contributed by atoms with Gasteiger partial charge in [-0.25, -0.2) is 0 Å². The van der Waals surface area contributed by atoms with Gasteiger partial charge in [-0.2, -0.15) is 4.68 Å². The van der Waals surface area contributed by atoms with Crippen LogP contribution in [-0.2, 0) is 4.79 Å². The highest BCUT2D eigenvalue weighted by Crippen LogP contribution is 2.21. The van der Waals surface area contributed by atoms with Gasteiger partial charge in [0.15, 0.2) is 5.78 Å². The molecule has 0 aliphatic rings. The number of aromatic nitrogens is 4. The average Bonchev–Trinajstić information content (AvgIpc) is 3.15. The summed E-state index contributed by atoms with van der Waals surface area (Å²) < 4.78 is 1.55. The summed E-state index contributed by atoms with van der Waals surface area (Å²) in [6.07, 6.45) is 0.402. The Labute approximate surface area is 165 Å². The topological polar surface area (TPSA) is 89.8 Å². The van der Waals surface area contributed by atoms with E-state index in [1.807, 2.05) is 0 Å². The van der Waals surface area contributed by atoms with Gasteiger partial charge in [-0.15, -0.1) is 5.10 Å². The predicted octanol–water partition coefficient (Wildman–Crippen LogP) is 3.64. The molecule has 1 aromatic heterocycles. The fourth-order valence-electron chi connectivity index (χ4n) is 2.22. The molecular formula is C18H16ClN5O2S. The zero-order chi connectivity index (χ0) is 19.2. The zero-order valence-corrected chi connectivity index (χ0v) is 16.0. The molecule has 1 heterocycles. The van der Waals surface area contributed by atoms with Crippen LogP contribution >= 0.6 is 23.4 Å². The molecule has 3 rings (SSSR count). The van der Waals surface area contributed by atoms with Gasteiger partial charge in [-0.3, -0.25) is 9.59 Å². The van der Waals surface area contributed by atoms with Gasteiger partial charge in [-0.05, 0) is 59.0 Å². The van der Waals surface area contributed by atoms with Crippen molar-refractivity contribution in [1.29, 1.82) is 0 Å². The molecule has 0 saturated heterocycles. The number of ketones is 1. The van der Waals surface area contributed by atoms with Gasteiger partial charge in [0.1, 0.15) is 0 Å². The van der Waals surface area contributed by atoms with Gasteiger partial charge < -0.3 is 5.32 Å². The smallest absolute Gasteiger partial charge is 0.224 e. The van der Waals surface area contributed by atoms with Crippen LogP contribution in [0.3, 0.4) is 0 Å². The number of nitrogens with zero attached hydrogens (tertiary/aromatic N) is 4. The van der Waals surface area contributed by atoms with Crippen molar-refractivity contribution in [3.63, 3.8) is 0 Å². The maximum Gasteiger partial charge on any atom is 0.224 e. The largest absolute Gasteiger partial charge is 0.326 e. The first-order chi connectivity index (χ1) is 13.1. The second-order valence-corrected chi connectivity index (χ2v) is 6.92. The van der Waals surface area contributed by atoms with Crippen molar-refractivity contribution >= 4 is 40.7 Å². The van der Waals surface area contributed by atoms with Crippen LogP contribution in [0.2, 0.25) is 5.02 Å². The SMILES string of the molecule is CCC(=O)Nc1ccc(C(=O)CSc2nnnn2-c2ccc(Cl)cc2)cc1. The van der Waals surface area contributed by atoms with Crippen LogP contribution < -0.4 is 5.32 Å². The van der Waals surface area contributed by atoms with Crippen LogP contribution in [0, 0.1) is 0 Å². The number of hydrogen-bond donors (Lipinski definition) is 1. The standard InChI is InChI=1S/C18H16ClN5O2S/c1-2-17(26)20-14-7-3-12(4-8-14)16(25)11-27-18-21-22-23-24(18)15-9-5-13(19)6-10-15/h3-10H,2,11H2,1H3,(H,20,26). The number of anilines is 1. The molecule has 1 N–H and O–H groups in total. The van der Waals surface area contributed by atoms with E-state index in [-0.39, 0.29) is 17.4 Å². The monoisotopic (exact) mass is 401 g/mol. The summed E-state index contributed by atoms with van der Waals surface area (Å²) in [7, 11) is 0. The van der Waals surface area contributed by atoms with Crippen molar-refractivity contribution in [1.82, 2.24) is 20.2 Å². The summed E-state index contributed by atoms with van der Waals surface area (Å²) in [5, 5.41) is 15.5. The third-order valence-corrected chi connectivity index (χ3v) is 4.83. The number of amides is 1. The Bertz CT molecular complexity index is 941. The van der Waals surface area contributed by atoms with Gasteiger partial charge in [-0.1, -0.05) is 30.3 Å². The normalized spacial score (nSPS) is 10.6. The van der Waals surface area contributed by atoms with Crippen LogP contribution in [0.4, 0.5) is 5.69 Å². The predicted molar refractivity (Wildman–Crippen MR) is 105 cm³/mol. The lowest BCUT2D eigenvalue weighted by Gasteiger charge is -2.06. The second kappa shape index (κ2) is 8.79. The van der Waals surface area contributed by atoms with Crippen LogP contribution in [0.25, 0.3) is 5.69 Å². The Kier molecular flexibility index (Phi) is 6.20. The number of hydrogen-bond acceptors (Lipinski definition) is 6. The highest BCUT2D eigenvalue weighted by atomic mass is 35.5. The second-order valence-electron chi connectivity index (χ2n) is 5.54. The minimum atomic E-state index is -0.0707. The minimum absolute atomic E-state index is 0.0565. The van der Waals surface area contributed by atoms with E-state index in [0.29, 0.717) is 27.9 Å². The Hall–Kier alpha value is -2.71. The number of tetrazole rings is 1. The highest BCUT2D eigenvalue weighted by Gasteiger charge is 2.13. The molecule has 0 unspecified atom stereocenters. The fourth-order valence-corrected chi connectivity index (χ4v) is 3.13. The lowest BCUT2D eigenvalue weighted by Crippen LogP contribution is -2.10. The molecule has 0 radical (unpaired) electrons. The lowest BCUT2D eigenvalue weighted by atomic mass is 10.1. The van der Waals surface area contributed by atoms with E-state index < -0.39 is 0 Å². The molecule has 3 aromatic rings. The summed E-state index contributed by atoms with van der Waals surface area (Å²) in [4.78, 5) is 23.8. The number of rotatable bonds is 7. The summed E-state index contributed by atoms with van der Waals surface area (Å²) in [5.41, 5.74) is 1.98. The molecule has 27 heavy (non-hydrogen) atoms. The van der Waals surface area contributed by atoms with Gasteiger partial charge in [0.05, 0.1) is 11.4 Å². The third-order valence-electron chi connectivity index (χ3n) is 3.66. The quantitative estimate of drug-likeness (QED) is 0.480. The molecule has 0 saturated carbocycles. The van der Waals surface area contributed by atoms with Crippen LogP contribution in [-0.4, -0.2) is 37.7 Å². The molecule has 0 spiro atoms. The lowest BCUT2D eigenvalue weighted by molar-refractivity contribution is -0.115. The maximum absolute atomic E-state index is 12.4. The van der Waals surface area contributed by atoms with E-state index in [1.165, 1.54) is 11.8 Å². The van der Waals surface area contributed by atoms with Crippen LogP contribution in [0.5, 0.6) is 0 Å². The Morgan fingerprint density at radius 3 is 2.48 bits per heavy atom. The van der Waals surface area contributed by atoms with E-state index in [2.05, 4.69) is 20.8 Å². The minimum Gasteiger partial charge on any atom is -0.326 e. The molecule has 0 bridgehead atoms. The van der Waals surface area contributed by atoms with Crippen LogP contribution in [0.15, 0.2) is 53.7 Å². The van der Waals surface area contributed by atoms with Gasteiger partial charge >= 0.3 is 0 Å². The van der Waals surface area contributed by atoms with E-state index in [9.17, 15) is 9.59 Å². The van der Waals surface area contributed by atoms with Gasteiger partial charge in [0, 0.05) is 22.7 Å². The molecule has 0 aliphatic carbocycles. The third kappa shape index (κ3) is 4.93. The molecule has 7 nitrogen and oxygen atoms in total. The maximum atomic E-state index is 12.4. The van der Waals surface area contributed by atoms with Crippen molar-refractivity contribution in [2.24, 2.45) is 0 Å². The van der Waals surface area contributed by atoms with Crippen molar-refractivity contribution in [3.05, 3.63) is 59.1 Å². The number of nitrogens with one attached hydrogen (secondary N) is 1. The van der Waals surface area contributed by atoms with E-state index in [1.54, 1.807) is 60.1 Å². The summed E-state index contributed by atoms with van der Waals surface area (Å²) in [5.74, 6) is 0.0620. The Balaban J connectivity index is 1.64. The number of carbonyl (C=O) groups is 2. The first kappa shape index (κ1) is 19.1. The fraction of sp³-hybridized carbons (Fsp3) is 0.167. The summed E-state index contributed by atoms with van der Waals surface area (Å²) in [6, 6.07) is 13.9. The molecule has 2 aromatic carbocycles. The molecule has 0 aliphatic heterocycles. The number of halogens is 1. The van der Waals surface area contributed by atoms with E-state index >= 15 is 0 Å². The number of thioether (sulfide) groups is 1. The Morgan fingerprint density at radius 1 is 1.11 bits per heavy atom. The first-order valence-corrected chi connectivity index (χ1v) is 9.53. The van der Waals surface area contributed by atoms with Crippen molar-refractivity contribution in [2.45, 2.75) is 18.5 Å². The number of carbonyl (C=O) groups excluding carboxylic acids is 2. The van der Waals surface area contributed by atoms with E-state index in [0.717, 1.165) is 5.69 Å². The van der Waals surface area contributed by atoms with Crippen LogP contribution in [0.1, 0.15) is 23.7 Å². The van der Waals surface area contributed by atoms with Gasteiger partial charge in [0.25, 0.3) is 0 Å². The Morgan fingerprint density at radius 2 is 1.81 bits per heavy atom. The molecule has 0 fully saturated rings. The van der Waals surface area contributed by atoms with Gasteiger partial charge in [0.2, 0.25) is 11.1 Å². The molecule has 138 valence electrons. The molecule has 1 amide bonds. The molecular weight excluding hydrogens is 386 g/mol. The highest BCUT2D eigenvalue weighted by molar-refractivity contribution is 7.99. The number of Topliss-reactive ketones (excluding diaryl/α,β-unsaturated/α-hetero) is 1. The molecule has 9 heteroatoms. The zero-order valence-electron chi connectivity index (χ0n) is 14.4. The molecule has 0 atom stereocenters. The van der Waals surface area contributed by atoms with Crippen molar-refractivity contribution in [2.75, 3.05) is 11.1 Å². The first-order valence-electron chi connectivity index (χ1n) is 8.17. The summed E-state index contributed by atoms with van der Waals surface area (Å²) >= 11 is 7.15.